The summed E-state index contributed by atoms with van der Waals surface area (Å²) in [5.41, 5.74) is 0.649. The van der Waals surface area contributed by atoms with Gasteiger partial charge in [0.1, 0.15) is 11.6 Å². The highest BCUT2D eigenvalue weighted by atomic mass is 19.1. The van der Waals surface area contributed by atoms with Crippen molar-refractivity contribution in [3.05, 3.63) is 41.5 Å². The van der Waals surface area contributed by atoms with Gasteiger partial charge in [0, 0.05) is 11.0 Å². The van der Waals surface area contributed by atoms with Gasteiger partial charge in [-0.2, -0.15) is 0 Å². The third kappa shape index (κ3) is 2.65. The molecule has 0 aliphatic carbocycles. The van der Waals surface area contributed by atoms with Crippen molar-refractivity contribution in [2.24, 2.45) is 0 Å². The van der Waals surface area contributed by atoms with Crippen LogP contribution in [0.1, 0.15) is 36.9 Å². The van der Waals surface area contributed by atoms with Crippen molar-refractivity contribution in [3.8, 4) is 11.1 Å². The highest BCUT2D eigenvalue weighted by Gasteiger charge is 2.24. The molecule has 1 heterocycles. The molecule has 0 unspecified atom stereocenters. The predicted molar refractivity (Wildman–Crippen MR) is 67.6 cm³/mol. The molecule has 5 heteroatoms. The lowest BCUT2D eigenvalue weighted by atomic mass is 9.88. The normalized spacial score (nSPS) is 11.6. The average molecular weight is 263 g/mol. The molecule has 0 radical (unpaired) electrons. The standard InChI is InChI=1S/C14H14FNO3/c1-14(2,3)12-11(7-16-19-12)8-4-9(13(17)18)6-10(15)5-8/h4-7H,1-3H3,(H,17,18). The Hall–Kier alpha value is -2.17. The number of carboxylic acid groups (broad SMARTS) is 1. The van der Waals surface area contributed by atoms with Crippen LogP contribution >= 0.6 is 0 Å². The van der Waals surface area contributed by atoms with Crippen LogP contribution in [0.5, 0.6) is 0 Å². The van der Waals surface area contributed by atoms with Crippen LogP contribution in [0.15, 0.2) is 28.9 Å². The molecule has 0 amide bonds. The Morgan fingerprint density at radius 2 is 2.00 bits per heavy atom. The second-order valence-electron chi connectivity index (χ2n) is 5.35. The number of nitrogens with zero attached hydrogens (tertiary/aromatic N) is 1. The quantitative estimate of drug-likeness (QED) is 0.901. The predicted octanol–water partition coefficient (Wildman–Crippen LogP) is 3.48. The highest BCUT2D eigenvalue weighted by molar-refractivity contribution is 5.89. The molecule has 2 rings (SSSR count). The summed E-state index contributed by atoms with van der Waals surface area (Å²) in [4.78, 5) is 11.0. The van der Waals surface area contributed by atoms with Gasteiger partial charge in [-0.3, -0.25) is 0 Å². The number of aromatic carboxylic acids is 1. The van der Waals surface area contributed by atoms with Crippen molar-refractivity contribution >= 4 is 5.97 Å². The lowest BCUT2D eigenvalue weighted by Gasteiger charge is -2.16. The van der Waals surface area contributed by atoms with E-state index in [4.69, 9.17) is 9.63 Å². The molecular formula is C14H14FNO3. The largest absolute Gasteiger partial charge is 0.478 e. The molecule has 0 saturated heterocycles. The fourth-order valence-electron chi connectivity index (χ4n) is 1.85. The maximum atomic E-state index is 13.5. The van der Waals surface area contributed by atoms with E-state index in [1.807, 2.05) is 20.8 Å². The number of rotatable bonds is 2. The van der Waals surface area contributed by atoms with E-state index in [0.717, 1.165) is 6.07 Å². The zero-order valence-corrected chi connectivity index (χ0v) is 10.9. The van der Waals surface area contributed by atoms with Crippen LogP contribution < -0.4 is 0 Å². The van der Waals surface area contributed by atoms with Crippen molar-refractivity contribution in [1.82, 2.24) is 5.16 Å². The van der Waals surface area contributed by atoms with Crippen molar-refractivity contribution in [2.45, 2.75) is 26.2 Å². The minimum absolute atomic E-state index is 0.101. The van der Waals surface area contributed by atoms with Gasteiger partial charge in [-0.15, -0.1) is 0 Å². The van der Waals surface area contributed by atoms with E-state index in [1.54, 1.807) is 0 Å². The molecular weight excluding hydrogens is 249 g/mol. The summed E-state index contributed by atoms with van der Waals surface area (Å²) >= 11 is 0. The van der Waals surface area contributed by atoms with E-state index >= 15 is 0 Å². The van der Waals surface area contributed by atoms with Gasteiger partial charge in [-0.05, 0) is 23.8 Å². The summed E-state index contributed by atoms with van der Waals surface area (Å²) in [6.45, 7) is 5.82. The van der Waals surface area contributed by atoms with Crippen LogP contribution in [0, 0.1) is 5.82 Å². The monoisotopic (exact) mass is 263 g/mol. The van der Waals surface area contributed by atoms with E-state index in [2.05, 4.69) is 5.16 Å². The molecule has 0 aliphatic rings. The second-order valence-corrected chi connectivity index (χ2v) is 5.35. The lowest BCUT2D eigenvalue weighted by molar-refractivity contribution is 0.0696. The first-order valence-electron chi connectivity index (χ1n) is 5.78. The topological polar surface area (TPSA) is 63.3 Å². The number of hydrogen-bond acceptors (Lipinski definition) is 3. The van der Waals surface area contributed by atoms with Gasteiger partial charge < -0.3 is 9.63 Å². The van der Waals surface area contributed by atoms with Gasteiger partial charge in [0.2, 0.25) is 0 Å². The molecule has 100 valence electrons. The molecule has 1 aromatic heterocycles. The van der Waals surface area contributed by atoms with Gasteiger partial charge in [0.05, 0.1) is 11.8 Å². The maximum Gasteiger partial charge on any atom is 0.335 e. The summed E-state index contributed by atoms with van der Waals surface area (Å²) in [6.07, 6.45) is 1.47. The Labute approximate surface area is 109 Å². The molecule has 19 heavy (non-hydrogen) atoms. The van der Waals surface area contributed by atoms with E-state index in [-0.39, 0.29) is 11.0 Å². The number of benzene rings is 1. The van der Waals surface area contributed by atoms with Crippen LogP contribution in [0.3, 0.4) is 0 Å². The number of hydrogen-bond donors (Lipinski definition) is 1. The maximum absolute atomic E-state index is 13.5. The summed E-state index contributed by atoms with van der Waals surface area (Å²) < 4.78 is 18.7. The van der Waals surface area contributed by atoms with E-state index in [1.165, 1.54) is 18.3 Å². The Morgan fingerprint density at radius 3 is 2.58 bits per heavy atom. The van der Waals surface area contributed by atoms with Crippen LogP contribution in [0.4, 0.5) is 4.39 Å². The van der Waals surface area contributed by atoms with Gasteiger partial charge in [0.25, 0.3) is 0 Å². The number of aromatic nitrogens is 1. The van der Waals surface area contributed by atoms with Gasteiger partial charge in [-0.25, -0.2) is 9.18 Å². The highest BCUT2D eigenvalue weighted by Crippen LogP contribution is 2.33. The SMILES string of the molecule is CC(C)(C)c1oncc1-c1cc(F)cc(C(=O)O)c1. The molecule has 0 bridgehead atoms. The van der Waals surface area contributed by atoms with Crippen LogP contribution in [0.2, 0.25) is 0 Å². The molecule has 1 N–H and O–H groups in total. The van der Waals surface area contributed by atoms with Crippen molar-refractivity contribution in [2.75, 3.05) is 0 Å². The molecule has 0 fully saturated rings. The van der Waals surface area contributed by atoms with Crippen molar-refractivity contribution in [3.63, 3.8) is 0 Å². The molecule has 0 spiro atoms. The smallest absolute Gasteiger partial charge is 0.335 e. The molecule has 0 saturated carbocycles. The van der Waals surface area contributed by atoms with Gasteiger partial charge in [0.15, 0.2) is 0 Å². The van der Waals surface area contributed by atoms with E-state index in [9.17, 15) is 9.18 Å². The first kappa shape index (κ1) is 13.3. The van der Waals surface area contributed by atoms with Gasteiger partial charge >= 0.3 is 5.97 Å². The van der Waals surface area contributed by atoms with E-state index < -0.39 is 11.8 Å². The Balaban J connectivity index is 2.60. The third-order valence-corrected chi connectivity index (χ3v) is 2.71. The number of carbonyl (C=O) groups is 1. The average Bonchev–Trinajstić information content (AvgIpc) is 2.76. The van der Waals surface area contributed by atoms with Crippen LogP contribution in [-0.4, -0.2) is 16.2 Å². The van der Waals surface area contributed by atoms with E-state index in [0.29, 0.717) is 16.9 Å². The molecule has 4 nitrogen and oxygen atoms in total. The number of carboxylic acids is 1. The zero-order chi connectivity index (χ0) is 14.2. The van der Waals surface area contributed by atoms with Crippen molar-refractivity contribution < 1.29 is 18.8 Å². The summed E-state index contributed by atoms with van der Waals surface area (Å²) in [7, 11) is 0. The summed E-state index contributed by atoms with van der Waals surface area (Å²) in [5.74, 6) is -1.18. The Morgan fingerprint density at radius 1 is 1.32 bits per heavy atom. The third-order valence-electron chi connectivity index (χ3n) is 2.71. The minimum atomic E-state index is -1.17. The summed E-state index contributed by atoms with van der Waals surface area (Å²) in [5, 5.41) is 12.7. The number of halogens is 1. The second kappa shape index (κ2) is 4.50. The Bertz CT molecular complexity index is 626. The Kier molecular flexibility index (Phi) is 3.14. The van der Waals surface area contributed by atoms with Crippen LogP contribution in [0.25, 0.3) is 11.1 Å². The first-order valence-corrected chi connectivity index (χ1v) is 5.78. The molecule has 0 atom stereocenters. The fraction of sp³-hybridized carbons (Fsp3) is 0.286. The molecule has 0 aliphatic heterocycles. The first-order chi connectivity index (χ1) is 8.79. The summed E-state index contributed by atoms with van der Waals surface area (Å²) in [6, 6.07) is 3.66. The van der Waals surface area contributed by atoms with Gasteiger partial charge in [-0.1, -0.05) is 25.9 Å². The fourth-order valence-corrected chi connectivity index (χ4v) is 1.85. The lowest BCUT2D eigenvalue weighted by Crippen LogP contribution is -2.11. The van der Waals surface area contributed by atoms with Crippen molar-refractivity contribution in [1.29, 1.82) is 0 Å². The molecule has 2 aromatic rings. The minimum Gasteiger partial charge on any atom is -0.478 e. The zero-order valence-electron chi connectivity index (χ0n) is 10.9. The van der Waals surface area contributed by atoms with Crippen LogP contribution in [-0.2, 0) is 5.41 Å². The molecule has 1 aromatic carbocycles.